The zero-order valence-electron chi connectivity index (χ0n) is 14.6. The van der Waals surface area contributed by atoms with Gasteiger partial charge in [0.15, 0.2) is 5.12 Å². The first-order valence-corrected chi connectivity index (χ1v) is 10.1. The van der Waals surface area contributed by atoms with Gasteiger partial charge >= 0.3 is 5.97 Å². The molecule has 0 bridgehead atoms. The van der Waals surface area contributed by atoms with Crippen LogP contribution in [0.4, 0.5) is 0 Å². The second kappa shape index (κ2) is 10.1. The third-order valence-corrected chi connectivity index (χ3v) is 6.23. The molecule has 0 aromatic carbocycles. The zero-order valence-corrected chi connectivity index (χ0v) is 15.4. The van der Waals surface area contributed by atoms with Gasteiger partial charge in [0.05, 0.1) is 7.11 Å². The van der Waals surface area contributed by atoms with Gasteiger partial charge in [0.1, 0.15) is 6.04 Å². The summed E-state index contributed by atoms with van der Waals surface area (Å²) >= 11 is 1.17. The fourth-order valence-corrected chi connectivity index (χ4v) is 4.61. The minimum atomic E-state index is -0.734. The van der Waals surface area contributed by atoms with Gasteiger partial charge in [-0.2, -0.15) is 0 Å². The van der Waals surface area contributed by atoms with Crippen LogP contribution < -0.4 is 5.32 Å². The van der Waals surface area contributed by atoms with Crippen LogP contribution in [0.15, 0.2) is 0 Å². The van der Waals surface area contributed by atoms with Crippen molar-refractivity contribution in [2.24, 2.45) is 11.8 Å². The van der Waals surface area contributed by atoms with E-state index in [0.29, 0.717) is 0 Å². The van der Waals surface area contributed by atoms with Gasteiger partial charge in [-0.1, -0.05) is 50.3 Å². The summed E-state index contributed by atoms with van der Waals surface area (Å²) in [6, 6.07) is -0.734. The van der Waals surface area contributed by atoms with E-state index in [1.54, 1.807) is 0 Å². The van der Waals surface area contributed by atoms with Gasteiger partial charge in [-0.25, -0.2) is 4.79 Å². The number of carbonyl (C=O) groups excluding carboxylic acids is 3. The van der Waals surface area contributed by atoms with Crippen molar-refractivity contribution in [3.63, 3.8) is 0 Å². The summed E-state index contributed by atoms with van der Waals surface area (Å²) in [4.78, 5) is 36.6. The van der Waals surface area contributed by atoms with Crippen molar-refractivity contribution >= 4 is 28.8 Å². The van der Waals surface area contributed by atoms with E-state index in [4.69, 9.17) is 4.74 Å². The highest BCUT2D eigenvalue weighted by atomic mass is 32.2. The molecular formula is C18H29NO4S. The lowest BCUT2D eigenvalue weighted by Gasteiger charge is -2.24. The SMILES string of the molecule is COC(=O)[C@H](CSC(=O)C1CCCCC1)NC(=O)C1CCCCC1. The Morgan fingerprint density at radius 3 is 2.04 bits per heavy atom. The number of hydrogen-bond acceptors (Lipinski definition) is 5. The van der Waals surface area contributed by atoms with Gasteiger partial charge in [-0.3, -0.25) is 9.59 Å². The summed E-state index contributed by atoms with van der Waals surface area (Å²) in [6.07, 6.45) is 10.4. The van der Waals surface area contributed by atoms with Crippen molar-refractivity contribution in [2.45, 2.75) is 70.3 Å². The van der Waals surface area contributed by atoms with Crippen LogP contribution >= 0.6 is 11.8 Å². The zero-order chi connectivity index (χ0) is 17.4. The quantitative estimate of drug-likeness (QED) is 0.741. The fraction of sp³-hybridized carbons (Fsp3) is 0.833. The van der Waals surface area contributed by atoms with Crippen LogP contribution in [0.5, 0.6) is 0 Å². The largest absolute Gasteiger partial charge is 0.467 e. The highest BCUT2D eigenvalue weighted by Crippen LogP contribution is 2.28. The van der Waals surface area contributed by atoms with Gasteiger partial charge in [0.25, 0.3) is 0 Å². The lowest BCUT2D eigenvalue weighted by atomic mass is 9.88. The molecule has 6 heteroatoms. The molecule has 0 unspecified atom stereocenters. The Morgan fingerprint density at radius 1 is 0.958 bits per heavy atom. The summed E-state index contributed by atoms with van der Waals surface area (Å²) in [5.41, 5.74) is 0. The number of methoxy groups -OCH3 is 1. The Hall–Kier alpha value is -1.04. The molecule has 2 fully saturated rings. The van der Waals surface area contributed by atoms with Gasteiger partial charge in [-0.05, 0) is 25.7 Å². The summed E-state index contributed by atoms with van der Waals surface area (Å²) < 4.78 is 4.80. The minimum Gasteiger partial charge on any atom is -0.467 e. The third-order valence-electron chi connectivity index (χ3n) is 5.11. The molecule has 1 atom stereocenters. The first-order chi connectivity index (χ1) is 11.6. The van der Waals surface area contributed by atoms with E-state index >= 15 is 0 Å². The maximum absolute atomic E-state index is 12.4. The molecule has 136 valence electrons. The van der Waals surface area contributed by atoms with Crippen molar-refractivity contribution in [1.29, 1.82) is 0 Å². The molecule has 2 aliphatic carbocycles. The molecular weight excluding hydrogens is 326 g/mol. The number of hydrogen-bond donors (Lipinski definition) is 1. The number of esters is 1. The molecule has 24 heavy (non-hydrogen) atoms. The Labute approximate surface area is 148 Å². The van der Waals surface area contributed by atoms with Crippen LogP contribution in [-0.2, 0) is 19.1 Å². The predicted molar refractivity (Wildman–Crippen MR) is 94.6 cm³/mol. The first-order valence-electron chi connectivity index (χ1n) is 9.16. The topological polar surface area (TPSA) is 72.5 Å². The number of ether oxygens (including phenoxy) is 1. The molecule has 0 saturated heterocycles. The smallest absolute Gasteiger partial charge is 0.329 e. The van der Waals surface area contributed by atoms with Crippen LogP contribution in [-0.4, -0.2) is 35.9 Å². The van der Waals surface area contributed by atoms with E-state index in [2.05, 4.69) is 5.32 Å². The van der Waals surface area contributed by atoms with Crippen LogP contribution in [0.3, 0.4) is 0 Å². The summed E-state index contributed by atoms with van der Waals surface area (Å²) in [7, 11) is 1.32. The molecule has 0 aromatic heterocycles. The van der Waals surface area contributed by atoms with E-state index < -0.39 is 12.0 Å². The monoisotopic (exact) mass is 355 g/mol. The first kappa shape index (κ1) is 19.3. The van der Waals surface area contributed by atoms with Crippen LogP contribution in [0.2, 0.25) is 0 Å². The van der Waals surface area contributed by atoms with E-state index in [-0.39, 0.29) is 28.6 Å². The maximum Gasteiger partial charge on any atom is 0.329 e. The molecule has 2 saturated carbocycles. The number of rotatable bonds is 6. The molecule has 0 aromatic rings. The van der Waals surface area contributed by atoms with Crippen LogP contribution in [0.1, 0.15) is 64.2 Å². The number of amides is 1. The lowest BCUT2D eigenvalue weighted by Crippen LogP contribution is -2.46. The maximum atomic E-state index is 12.4. The Morgan fingerprint density at radius 2 is 1.50 bits per heavy atom. The molecule has 2 rings (SSSR count). The average molecular weight is 356 g/mol. The third kappa shape index (κ3) is 5.80. The molecule has 1 N–H and O–H groups in total. The lowest BCUT2D eigenvalue weighted by molar-refractivity contribution is -0.145. The van der Waals surface area contributed by atoms with Gasteiger partial charge in [-0.15, -0.1) is 0 Å². The van der Waals surface area contributed by atoms with Gasteiger partial charge < -0.3 is 10.1 Å². The normalized spacial score (nSPS) is 21.0. The Bertz CT molecular complexity index is 442. The van der Waals surface area contributed by atoms with E-state index in [1.807, 2.05) is 0 Å². The van der Waals surface area contributed by atoms with Gasteiger partial charge in [0.2, 0.25) is 5.91 Å². The number of thioether (sulfide) groups is 1. The molecule has 1 amide bonds. The molecule has 2 aliphatic rings. The van der Waals surface area contributed by atoms with Crippen LogP contribution in [0.25, 0.3) is 0 Å². The highest BCUT2D eigenvalue weighted by Gasteiger charge is 2.29. The summed E-state index contributed by atoms with van der Waals surface area (Å²) in [5, 5.41) is 2.96. The molecule has 0 spiro atoms. The minimum absolute atomic E-state index is 0.00930. The van der Waals surface area contributed by atoms with Crippen molar-refractivity contribution < 1.29 is 19.1 Å². The number of carbonyl (C=O) groups is 3. The van der Waals surface area contributed by atoms with E-state index in [0.717, 1.165) is 51.4 Å². The standard InChI is InChI=1S/C18H29NO4S/c1-23-17(21)15(19-16(20)13-8-4-2-5-9-13)12-24-18(22)14-10-6-3-7-11-14/h13-15H,2-12H2,1H3,(H,19,20)/t15-/m0/s1. The summed E-state index contributed by atoms with van der Waals surface area (Å²) in [5.74, 6) is -0.180. The van der Waals surface area contributed by atoms with Crippen LogP contribution in [0, 0.1) is 11.8 Å². The van der Waals surface area contributed by atoms with Crippen molar-refractivity contribution in [3.05, 3.63) is 0 Å². The predicted octanol–water partition coefficient (Wildman–Crippen LogP) is 3.06. The number of nitrogens with one attached hydrogen (secondary N) is 1. The second-order valence-electron chi connectivity index (χ2n) is 6.88. The van der Waals surface area contributed by atoms with Crippen molar-refractivity contribution in [1.82, 2.24) is 5.32 Å². The average Bonchev–Trinajstić information content (AvgIpc) is 2.65. The van der Waals surface area contributed by atoms with E-state index in [9.17, 15) is 14.4 Å². The molecule has 0 radical (unpaired) electrons. The van der Waals surface area contributed by atoms with E-state index in [1.165, 1.54) is 31.7 Å². The highest BCUT2D eigenvalue weighted by molar-refractivity contribution is 8.13. The fourth-order valence-electron chi connectivity index (χ4n) is 3.59. The Balaban J connectivity index is 1.84. The molecule has 0 aliphatic heterocycles. The summed E-state index contributed by atoms with van der Waals surface area (Å²) in [6.45, 7) is 0. The molecule has 5 nitrogen and oxygen atoms in total. The van der Waals surface area contributed by atoms with Crippen molar-refractivity contribution in [2.75, 3.05) is 12.9 Å². The van der Waals surface area contributed by atoms with Gasteiger partial charge in [0, 0.05) is 17.6 Å². The Kier molecular flexibility index (Phi) is 8.09. The molecule has 0 heterocycles. The van der Waals surface area contributed by atoms with Crippen molar-refractivity contribution in [3.8, 4) is 0 Å². The second-order valence-corrected chi connectivity index (χ2v) is 7.91.